The highest BCUT2D eigenvalue weighted by molar-refractivity contribution is 6.30. The summed E-state index contributed by atoms with van der Waals surface area (Å²) in [4.78, 5) is 38.9. The molecule has 170 valence electrons. The van der Waals surface area contributed by atoms with Crippen molar-refractivity contribution in [1.29, 1.82) is 0 Å². The predicted octanol–water partition coefficient (Wildman–Crippen LogP) is 5.59. The summed E-state index contributed by atoms with van der Waals surface area (Å²) < 4.78 is 40.1. The second kappa shape index (κ2) is 8.51. The van der Waals surface area contributed by atoms with E-state index in [9.17, 15) is 27.6 Å². The molecule has 1 aliphatic carbocycles. The van der Waals surface area contributed by atoms with E-state index in [1.54, 1.807) is 25.1 Å². The molecule has 0 spiro atoms. The molecule has 0 saturated carbocycles. The summed E-state index contributed by atoms with van der Waals surface area (Å²) in [5.74, 6) is -0.958. The molecule has 0 radical (unpaired) electrons. The van der Waals surface area contributed by atoms with Crippen LogP contribution >= 0.6 is 11.6 Å². The van der Waals surface area contributed by atoms with Crippen molar-refractivity contribution in [1.82, 2.24) is 4.57 Å². The van der Waals surface area contributed by atoms with Gasteiger partial charge < -0.3 is 5.32 Å². The lowest BCUT2D eigenvalue weighted by molar-refractivity contribution is -0.137. The van der Waals surface area contributed by atoms with Crippen molar-refractivity contribution >= 4 is 29.0 Å². The molecule has 9 heteroatoms. The number of aromatic nitrogens is 1. The first-order chi connectivity index (χ1) is 15.6. The average molecular weight is 475 g/mol. The zero-order valence-electron chi connectivity index (χ0n) is 17.4. The van der Waals surface area contributed by atoms with Crippen LogP contribution in [0, 0.1) is 6.92 Å². The summed E-state index contributed by atoms with van der Waals surface area (Å²) in [5, 5.41) is 3.13. The Balaban J connectivity index is 1.84. The van der Waals surface area contributed by atoms with E-state index < -0.39 is 23.2 Å². The summed E-state index contributed by atoms with van der Waals surface area (Å²) in [6, 6.07) is 10.2. The van der Waals surface area contributed by atoms with Crippen molar-refractivity contribution in [3.63, 3.8) is 0 Å². The van der Waals surface area contributed by atoms with Crippen LogP contribution in [0.4, 0.5) is 18.9 Å². The fourth-order valence-electron chi connectivity index (χ4n) is 3.88. The van der Waals surface area contributed by atoms with Crippen LogP contribution in [0.25, 0.3) is 5.69 Å². The molecule has 2 aromatic carbocycles. The molecule has 0 unspecified atom stereocenters. The Bertz CT molecular complexity index is 1330. The third kappa shape index (κ3) is 4.43. The van der Waals surface area contributed by atoms with Crippen LogP contribution in [0.3, 0.4) is 0 Å². The number of pyridine rings is 1. The molecule has 0 aliphatic heterocycles. The van der Waals surface area contributed by atoms with Crippen LogP contribution in [0.2, 0.25) is 5.02 Å². The monoisotopic (exact) mass is 474 g/mol. The van der Waals surface area contributed by atoms with Crippen LogP contribution in [0.1, 0.15) is 50.4 Å². The van der Waals surface area contributed by atoms with Crippen molar-refractivity contribution in [2.24, 2.45) is 0 Å². The molecule has 1 aliphatic rings. The number of aryl methyl sites for hydroxylation is 1. The minimum atomic E-state index is -4.53. The number of hydrogen-bond acceptors (Lipinski definition) is 3. The molecule has 1 N–H and O–H groups in total. The molecule has 33 heavy (non-hydrogen) atoms. The van der Waals surface area contributed by atoms with E-state index in [-0.39, 0.29) is 29.0 Å². The maximum atomic E-state index is 13.3. The number of fused-ring (bicyclic) bond motifs is 1. The second-order valence-corrected chi connectivity index (χ2v) is 8.23. The minimum absolute atomic E-state index is 0.149. The van der Waals surface area contributed by atoms with E-state index >= 15 is 0 Å². The number of amides is 1. The Morgan fingerprint density at radius 2 is 1.73 bits per heavy atom. The van der Waals surface area contributed by atoms with E-state index in [4.69, 9.17) is 11.6 Å². The van der Waals surface area contributed by atoms with E-state index in [2.05, 4.69) is 5.32 Å². The maximum Gasteiger partial charge on any atom is 0.416 e. The Morgan fingerprint density at radius 3 is 2.36 bits per heavy atom. The quantitative estimate of drug-likeness (QED) is 0.538. The number of ketones is 1. The van der Waals surface area contributed by atoms with Crippen molar-refractivity contribution in [2.75, 3.05) is 5.32 Å². The second-order valence-electron chi connectivity index (χ2n) is 7.79. The standard InChI is InChI=1S/C24H18ClF3N2O3/c1-13-11-15(25)7-10-19(13)29-22(32)18-12-17-20(3-2-4-21(17)31)30(23(18)33)16-8-5-14(6-9-16)24(26,27)28/h5-12H,2-4H2,1H3,(H,29,32). The molecular formula is C24H18ClF3N2O3. The number of benzene rings is 2. The number of Topliss-reactive ketones (excluding diaryl/α,β-unsaturated/α-hetero) is 1. The Morgan fingerprint density at radius 1 is 1.03 bits per heavy atom. The average Bonchev–Trinajstić information content (AvgIpc) is 2.75. The smallest absolute Gasteiger partial charge is 0.322 e. The number of anilines is 1. The van der Waals surface area contributed by atoms with Gasteiger partial charge in [-0.3, -0.25) is 19.0 Å². The SMILES string of the molecule is Cc1cc(Cl)ccc1NC(=O)c1cc2c(n(-c3ccc(C(F)(F)F)cc3)c1=O)CCCC2=O. The highest BCUT2D eigenvalue weighted by Crippen LogP contribution is 2.30. The number of rotatable bonds is 3. The highest BCUT2D eigenvalue weighted by Gasteiger charge is 2.31. The molecule has 4 rings (SSSR count). The third-order valence-electron chi connectivity index (χ3n) is 5.55. The lowest BCUT2D eigenvalue weighted by atomic mass is 9.92. The number of hydrogen-bond donors (Lipinski definition) is 1. The van der Waals surface area contributed by atoms with Crippen molar-refractivity contribution in [2.45, 2.75) is 32.4 Å². The van der Waals surface area contributed by atoms with Crippen molar-refractivity contribution < 1.29 is 22.8 Å². The summed E-state index contributed by atoms with van der Waals surface area (Å²) >= 11 is 5.95. The summed E-state index contributed by atoms with van der Waals surface area (Å²) in [5.41, 5.74) is 0.00837. The minimum Gasteiger partial charge on any atom is -0.322 e. The molecule has 0 atom stereocenters. The lowest BCUT2D eigenvalue weighted by Crippen LogP contribution is -2.33. The molecule has 0 saturated heterocycles. The van der Waals surface area contributed by atoms with Gasteiger partial charge in [-0.2, -0.15) is 13.2 Å². The summed E-state index contributed by atoms with van der Waals surface area (Å²) in [6.45, 7) is 1.73. The molecule has 0 bridgehead atoms. The largest absolute Gasteiger partial charge is 0.416 e. The topological polar surface area (TPSA) is 68.2 Å². The third-order valence-corrected chi connectivity index (χ3v) is 5.79. The number of carbonyl (C=O) groups is 2. The first kappa shape index (κ1) is 22.8. The first-order valence-corrected chi connectivity index (χ1v) is 10.5. The number of halogens is 4. The van der Waals surface area contributed by atoms with Crippen LogP contribution in [0.5, 0.6) is 0 Å². The maximum absolute atomic E-state index is 13.3. The molecule has 1 heterocycles. The van der Waals surface area contributed by atoms with Crippen molar-refractivity contribution in [3.8, 4) is 5.69 Å². The van der Waals surface area contributed by atoms with Gasteiger partial charge in [-0.25, -0.2) is 0 Å². The van der Waals surface area contributed by atoms with Gasteiger partial charge in [0.1, 0.15) is 5.56 Å². The van der Waals surface area contributed by atoms with Gasteiger partial charge >= 0.3 is 6.18 Å². The van der Waals surface area contributed by atoms with Gasteiger partial charge in [0.2, 0.25) is 0 Å². The fourth-order valence-corrected chi connectivity index (χ4v) is 4.11. The van der Waals surface area contributed by atoms with Crippen LogP contribution in [0.15, 0.2) is 53.3 Å². The Labute approximate surface area is 191 Å². The zero-order valence-corrected chi connectivity index (χ0v) is 18.2. The molecular weight excluding hydrogens is 457 g/mol. The molecule has 5 nitrogen and oxygen atoms in total. The highest BCUT2D eigenvalue weighted by atomic mass is 35.5. The van der Waals surface area contributed by atoms with Crippen LogP contribution in [-0.4, -0.2) is 16.3 Å². The van der Waals surface area contributed by atoms with E-state index in [1.807, 2.05) is 0 Å². The molecule has 0 fully saturated rings. The van der Waals surface area contributed by atoms with Gasteiger partial charge in [0.15, 0.2) is 5.78 Å². The first-order valence-electron chi connectivity index (χ1n) is 10.1. The summed E-state index contributed by atoms with van der Waals surface area (Å²) in [7, 11) is 0. The van der Waals surface area contributed by atoms with E-state index in [0.717, 1.165) is 28.8 Å². The van der Waals surface area contributed by atoms with Gasteiger partial charge in [0.05, 0.1) is 5.56 Å². The predicted molar refractivity (Wildman–Crippen MR) is 118 cm³/mol. The number of nitrogens with one attached hydrogen (secondary N) is 1. The number of carbonyl (C=O) groups excluding carboxylic acids is 2. The van der Waals surface area contributed by atoms with Crippen LogP contribution in [-0.2, 0) is 12.6 Å². The number of alkyl halides is 3. The fraction of sp³-hybridized carbons (Fsp3) is 0.208. The molecule has 1 amide bonds. The zero-order chi connectivity index (χ0) is 23.9. The Kier molecular flexibility index (Phi) is 5.88. The van der Waals surface area contributed by atoms with Gasteiger partial charge in [0.25, 0.3) is 11.5 Å². The van der Waals surface area contributed by atoms with Gasteiger partial charge in [-0.05, 0) is 73.9 Å². The lowest BCUT2D eigenvalue weighted by Gasteiger charge is -2.22. The van der Waals surface area contributed by atoms with E-state index in [1.165, 1.54) is 6.07 Å². The normalized spacial score (nSPS) is 13.5. The number of nitrogens with zero attached hydrogens (tertiary/aromatic N) is 1. The van der Waals surface area contributed by atoms with Gasteiger partial charge in [-0.15, -0.1) is 0 Å². The van der Waals surface area contributed by atoms with Crippen LogP contribution < -0.4 is 10.9 Å². The van der Waals surface area contributed by atoms with Gasteiger partial charge in [0, 0.05) is 34.1 Å². The van der Waals surface area contributed by atoms with Crippen molar-refractivity contribution in [3.05, 3.63) is 91.9 Å². The molecule has 3 aromatic rings. The molecule has 1 aromatic heterocycles. The van der Waals surface area contributed by atoms with Gasteiger partial charge in [-0.1, -0.05) is 11.6 Å². The van der Waals surface area contributed by atoms with E-state index in [0.29, 0.717) is 34.8 Å². The summed E-state index contributed by atoms with van der Waals surface area (Å²) in [6.07, 6.45) is -3.39. The Hall–Kier alpha value is -3.39.